The zero-order chi connectivity index (χ0) is 24.2. The van der Waals surface area contributed by atoms with Crippen LogP contribution in [0.15, 0.2) is 41.3 Å². The van der Waals surface area contributed by atoms with E-state index in [-0.39, 0.29) is 24.1 Å². The van der Waals surface area contributed by atoms with Crippen molar-refractivity contribution in [1.82, 2.24) is 4.31 Å². The molecule has 3 aliphatic rings. The largest absolute Gasteiger partial charge is 0.398 e. The summed E-state index contributed by atoms with van der Waals surface area (Å²) in [5.74, 6) is 0. The van der Waals surface area contributed by atoms with Gasteiger partial charge in [-0.3, -0.25) is 0 Å². The van der Waals surface area contributed by atoms with Crippen molar-refractivity contribution in [3.63, 3.8) is 0 Å². The monoisotopic (exact) mass is 494 g/mol. The van der Waals surface area contributed by atoms with Gasteiger partial charge in [-0.15, -0.1) is 0 Å². The van der Waals surface area contributed by atoms with Crippen molar-refractivity contribution in [1.29, 1.82) is 0 Å². The number of aliphatic hydroxyl groups excluding tert-OH is 3. The topological polar surface area (TPSA) is 131 Å². The number of rotatable bonds is 4. The lowest BCUT2D eigenvalue weighted by Gasteiger charge is -2.40. The summed E-state index contributed by atoms with van der Waals surface area (Å²) in [4.78, 5) is 4.28. The standard InChI is InChI=1S/C25H26N4O5S/c26-20-5-21(27-7-13(30)8-27)17-2-3-18-22(28-9-14(31)10-28)6-23(35(33,34)29-11-15(32)12-29)19-4-1-16(20)24(17)25(18)19/h1-6,13-15,30-32H,7-12,26H2. The third-order valence-electron chi connectivity index (χ3n) is 7.70. The van der Waals surface area contributed by atoms with Crippen molar-refractivity contribution >= 4 is 59.4 Å². The van der Waals surface area contributed by atoms with Gasteiger partial charge >= 0.3 is 0 Å². The molecule has 5 N–H and O–H groups in total. The highest BCUT2D eigenvalue weighted by Crippen LogP contribution is 2.47. The minimum Gasteiger partial charge on any atom is -0.398 e. The molecule has 35 heavy (non-hydrogen) atoms. The van der Waals surface area contributed by atoms with Gasteiger partial charge in [0.15, 0.2) is 0 Å². The van der Waals surface area contributed by atoms with Crippen LogP contribution in [0.5, 0.6) is 0 Å². The Kier molecular flexibility index (Phi) is 4.33. The van der Waals surface area contributed by atoms with E-state index in [0.29, 0.717) is 37.3 Å². The fourth-order valence-corrected chi connectivity index (χ4v) is 7.47. The molecule has 4 aromatic carbocycles. The molecule has 9 nitrogen and oxygen atoms in total. The third-order valence-corrected chi connectivity index (χ3v) is 9.57. The maximum atomic E-state index is 13.7. The summed E-state index contributed by atoms with van der Waals surface area (Å²) in [6.45, 7) is 2.08. The van der Waals surface area contributed by atoms with E-state index >= 15 is 0 Å². The molecule has 0 amide bonds. The summed E-state index contributed by atoms with van der Waals surface area (Å²) in [5, 5.41) is 34.7. The molecule has 3 saturated heterocycles. The van der Waals surface area contributed by atoms with E-state index in [1.807, 2.05) is 35.2 Å². The average Bonchev–Trinajstić information content (AvgIpc) is 2.77. The van der Waals surface area contributed by atoms with E-state index in [2.05, 4.69) is 4.90 Å². The number of nitrogens with two attached hydrogens (primary N) is 1. The summed E-state index contributed by atoms with van der Waals surface area (Å²) in [6, 6.07) is 11.4. The van der Waals surface area contributed by atoms with Crippen LogP contribution in [0.4, 0.5) is 17.1 Å². The van der Waals surface area contributed by atoms with Crippen LogP contribution in [0.25, 0.3) is 32.3 Å². The van der Waals surface area contributed by atoms with E-state index in [1.54, 1.807) is 6.07 Å². The molecular formula is C25H26N4O5S. The normalized spacial score (nSPS) is 20.7. The lowest BCUT2D eigenvalue weighted by Crippen LogP contribution is -2.53. The van der Waals surface area contributed by atoms with Gasteiger partial charge in [0.2, 0.25) is 10.0 Å². The molecule has 4 aromatic rings. The number of hydrogen-bond acceptors (Lipinski definition) is 8. The highest BCUT2D eigenvalue weighted by Gasteiger charge is 2.38. The van der Waals surface area contributed by atoms with Gasteiger partial charge in [0, 0.05) is 88.6 Å². The zero-order valence-electron chi connectivity index (χ0n) is 18.9. The van der Waals surface area contributed by atoms with E-state index in [9.17, 15) is 23.7 Å². The third kappa shape index (κ3) is 2.91. The minimum atomic E-state index is -3.84. The Balaban J connectivity index is 1.56. The number of sulfonamides is 1. The molecule has 0 unspecified atom stereocenters. The number of nitrogen functional groups attached to an aromatic ring is 1. The predicted molar refractivity (Wildman–Crippen MR) is 136 cm³/mol. The van der Waals surface area contributed by atoms with Gasteiger partial charge < -0.3 is 30.9 Å². The zero-order valence-corrected chi connectivity index (χ0v) is 19.7. The van der Waals surface area contributed by atoms with E-state index in [4.69, 9.17) is 5.73 Å². The first-order chi connectivity index (χ1) is 16.7. The maximum Gasteiger partial charge on any atom is 0.243 e. The second kappa shape index (κ2) is 7.08. The second-order valence-corrected chi connectivity index (χ2v) is 11.9. The van der Waals surface area contributed by atoms with Crippen LogP contribution in [-0.4, -0.2) is 85.6 Å². The van der Waals surface area contributed by atoms with E-state index in [0.717, 1.165) is 38.3 Å². The van der Waals surface area contributed by atoms with Gasteiger partial charge in [-0.05, 0) is 12.1 Å². The molecule has 0 aliphatic carbocycles. The summed E-state index contributed by atoms with van der Waals surface area (Å²) in [5.41, 5.74) is 8.79. The fourth-order valence-electron chi connectivity index (χ4n) is 5.74. The van der Waals surface area contributed by atoms with Gasteiger partial charge in [0.1, 0.15) is 0 Å². The highest BCUT2D eigenvalue weighted by molar-refractivity contribution is 7.89. The van der Waals surface area contributed by atoms with E-state index in [1.165, 1.54) is 4.31 Å². The molecule has 0 aromatic heterocycles. The Morgan fingerprint density at radius 3 is 1.69 bits per heavy atom. The molecule has 3 aliphatic heterocycles. The van der Waals surface area contributed by atoms with Gasteiger partial charge in [-0.25, -0.2) is 8.42 Å². The fraction of sp³-hybridized carbons (Fsp3) is 0.360. The number of β-amino-alcohol motifs (C(OH)–C–C–N with tert-alkyl or cyclic N) is 3. The first-order valence-electron chi connectivity index (χ1n) is 11.8. The molecule has 3 heterocycles. The van der Waals surface area contributed by atoms with E-state index < -0.39 is 22.2 Å². The molecule has 0 radical (unpaired) electrons. The van der Waals surface area contributed by atoms with Crippen molar-refractivity contribution in [2.24, 2.45) is 0 Å². The van der Waals surface area contributed by atoms with Gasteiger partial charge in [-0.1, -0.05) is 24.3 Å². The number of nitrogens with zero attached hydrogens (tertiary/aromatic N) is 3. The lowest BCUT2D eigenvalue weighted by atomic mass is 9.90. The lowest BCUT2D eigenvalue weighted by molar-refractivity contribution is 0.0548. The Bertz CT molecular complexity index is 1610. The molecule has 0 saturated carbocycles. The average molecular weight is 495 g/mol. The van der Waals surface area contributed by atoms with Crippen LogP contribution in [0.1, 0.15) is 0 Å². The molecule has 0 atom stereocenters. The van der Waals surface area contributed by atoms with Crippen LogP contribution in [0, 0.1) is 0 Å². The van der Waals surface area contributed by atoms with Crippen molar-refractivity contribution in [2.45, 2.75) is 23.2 Å². The van der Waals surface area contributed by atoms with Gasteiger partial charge in [0.25, 0.3) is 0 Å². The molecule has 7 rings (SSSR count). The molecule has 0 spiro atoms. The van der Waals surface area contributed by atoms with Crippen LogP contribution in [0.2, 0.25) is 0 Å². The van der Waals surface area contributed by atoms with Crippen molar-refractivity contribution < 1.29 is 23.7 Å². The van der Waals surface area contributed by atoms with Gasteiger partial charge in [-0.2, -0.15) is 4.31 Å². The van der Waals surface area contributed by atoms with Crippen LogP contribution in [0.3, 0.4) is 0 Å². The maximum absolute atomic E-state index is 13.7. The summed E-state index contributed by atoms with van der Waals surface area (Å²) in [7, 11) is -3.84. The molecule has 0 bridgehead atoms. The van der Waals surface area contributed by atoms with Crippen molar-refractivity contribution in [3.8, 4) is 0 Å². The summed E-state index contributed by atoms with van der Waals surface area (Å²) < 4.78 is 28.6. The summed E-state index contributed by atoms with van der Waals surface area (Å²) in [6.07, 6.45) is -1.47. The van der Waals surface area contributed by atoms with Crippen molar-refractivity contribution in [3.05, 3.63) is 36.4 Å². The predicted octanol–water partition coefficient (Wildman–Crippen LogP) is 0.893. The number of benzene rings is 4. The first kappa shape index (κ1) is 21.4. The Labute approximate surface area is 201 Å². The smallest absolute Gasteiger partial charge is 0.243 e. The molecule has 3 fully saturated rings. The van der Waals surface area contributed by atoms with Crippen LogP contribution >= 0.6 is 0 Å². The van der Waals surface area contributed by atoms with Crippen molar-refractivity contribution in [2.75, 3.05) is 54.8 Å². The quantitative estimate of drug-likeness (QED) is 0.243. The number of aliphatic hydroxyl groups is 3. The first-order valence-corrected chi connectivity index (χ1v) is 13.2. The number of anilines is 3. The molecular weight excluding hydrogens is 468 g/mol. The second-order valence-electron chi connectivity index (χ2n) is 10.0. The Hall–Kier alpha value is -2.89. The Morgan fingerprint density at radius 2 is 1.14 bits per heavy atom. The van der Waals surface area contributed by atoms with Gasteiger partial charge in [0.05, 0.1) is 23.2 Å². The van der Waals surface area contributed by atoms with Crippen LogP contribution < -0.4 is 15.5 Å². The number of hydrogen-bond donors (Lipinski definition) is 4. The SMILES string of the molecule is Nc1cc(N2CC(O)C2)c2ccc3c(N4CC(O)C4)cc(S(=O)(=O)N4CC(O)C4)c4ccc1c2c34. The highest BCUT2D eigenvalue weighted by atomic mass is 32.2. The Morgan fingerprint density at radius 1 is 0.686 bits per heavy atom. The molecule has 182 valence electrons. The molecule has 10 heteroatoms. The minimum absolute atomic E-state index is 0.0798. The summed E-state index contributed by atoms with van der Waals surface area (Å²) >= 11 is 0. The van der Waals surface area contributed by atoms with Crippen LogP contribution in [-0.2, 0) is 10.0 Å².